The minimum absolute atomic E-state index is 0.0265. The fraction of sp³-hybridized carbons (Fsp3) is 0.625. The summed E-state index contributed by atoms with van der Waals surface area (Å²) in [5.41, 5.74) is 0.148. The molecule has 0 aromatic heterocycles. The summed E-state index contributed by atoms with van der Waals surface area (Å²) >= 11 is 0. The lowest BCUT2D eigenvalue weighted by molar-refractivity contribution is -0.236. The van der Waals surface area contributed by atoms with Crippen LogP contribution in [0.2, 0.25) is 0 Å². The van der Waals surface area contributed by atoms with Crippen LogP contribution in [0, 0.1) is 5.92 Å². The van der Waals surface area contributed by atoms with Gasteiger partial charge in [0.25, 0.3) is 0 Å². The summed E-state index contributed by atoms with van der Waals surface area (Å²) in [6.07, 6.45) is 5.12. The average Bonchev–Trinajstić information content (AvgIpc) is 3.37. The molecule has 2 saturated heterocycles. The van der Waals surface area contributed by atoms with Gasteiger partial charge in [-0.15, -0.1) is 0 Å². The molecule has 6 heteroatoms. The SMILES string of the molecule is C=C1CC2(CCC3(O)C4Cc5ccc(O)c6c5[C@@]3(CCN4CC3CC3)C2O6)OC1=O. The van der Waals surface area contributed by atoms with Crippen LogP contribution in [0.25, 0.3) is 0 Å². The Morgan fingerprint density at radius 2 is 2.07 bits per heavy atom. The Hall–Kier alpha value is -2.05. The molecule has 1 aromatic carbocycles. The molecule has 6 nitrogen and oxygen atoms in total. The minimum atomic E-state index is -0.960. The second-order valence-electron chi connectivity index (χ2n) is 10.5. The summed E-state index contributed by atoms with van der Waals surface area (Å²) < 4.78 is 12.5. The van der Waals surface area contributed by atoms with Gasteiger partial charge in [0.05, 0.1) is 11.0 Å². The molecule has 5 atom stereocenters. The zero-order valence-electron chi connectivity index (χ0n) is 17.0. The van der Waals surface area contributed by atoms with Crippen LogP contribution in [0.1, 0.15) is 49.7 Å². The molecular formula is C24H27NO5. The molecule has 2 bridgehead atoms. The molecule has 3 aliphatic carbocycles. The predicted molar refractivity (Wildman–Crippen MR) is 107 cm³/mol. The Morgan fingerprint density at radius 3 is 2.80 bits per heavy atom. The first-order chi connectivity index (χ1) is 14.4. The van der Waals surface area contributed by atoms with Crippen LogP contribution < -0.4 is 4.74 Å². The van der Waals surface area contributed by atoms with Crippen molar-refractivity contribution < 1.29 is 24.5 Å². The van der Waals surface area contributed by atoms with Gasteiger partial charge in [-0.1, -0.05) is 12.6 Å². The number of ether oxygens (including phenoxy) is 2. The Morgan fingerprint density at radius 1 is 1.23 bits per heavy atom. The normalized spacial score (nSPS) is 43.5. The number of phenols is 1. The van der Waals surface area contributed by atoms with Crippen molar-refractivity contribution in [2.24, 2.45) is 5.92 Å². The molecule has 7 rings (SSSR count). The molecule has 6 aliphatic rings. The average molecular weight is 409 g/mol. The number of hydrogen-bond acceptors (Lipinski definition) is 6. The topological polar surface area (TPSA) is 79.2 Å². The predicted octanol–water partition coefficient (Wildman–Crippen LogP) is 2.20. The molecule has 3 heterocycles. The van der Waals surface area contributed by atoms with E-state index >= 15 is 0 Å². The third-order valence-corrected chi connectivity index (χ3v) is 9.02. The fourth-order valence-electron chi connectivity index (χ4n) is 7.58. The number of piperidine rings is 1. The van der Waals surface area contributed by atoms with E-state index in [4.69, 9.17) is 9.47 Å². The standard InChI is InChI=1S/C24H27NO5/c1-13-11-22(30-20(13)27)6-7-24(28)17-10-15-4-5-16(26)19-18(15)23(24,21(22)29-19)8-9-25(17)12-14-2-3-14/h4-5,14,17,21,26,28H,1-3,6-12H2/t17?,21?,22?,23-,24?/m0/s1. The summed E-state index contributed by atoms with van der Waals surface area (Å²) in [6, 6.07) is 3.73. The van der Waals surface area contributed by atoms with E-state index in [0.29, 0.717) is 30.6 Å². The summed E-state index contributed by atoms with van der Waals surface area (Å²) in [5, 5.41) is 23.1. The molecule has 4 unspecified atom stereocenters. The second kappa shape index (κ2) is 5.22. The van der Waals surface area contributed by atoms with E-state index in [1.807, 2.05) is 6.07 Å². The number of fused-ring (bicyclic) bond motifs is 1. The largest absolute Gasteiger partial charge is 0.504 e. The molecule has 0 radical (unpaired) electrons. The Kier molecular flexibility index (Phi) is 3.07. The maximum atomic E-state index is 12.4. The number of likely N-dealkylation sites (tertiary alicyclic amines) is 1. The maximum Gasteiger partial charge on any atom is 0.334 e. The summed E-state index contributed by atoms with van der Waals surface area (Å²) in [6.45, 7) is 5.85. The zero-order valence-corrected chi connectivity index (χ0v) is 17.0. The van der Waals surface area contributed by atoms with Crippen molar-refractivity contribution in [2.75, 3.05) is 13.1 Å². The number of carbonyl (C=O) groups excluding carboxylic acids is 1. The van der Waals surface area contributed by atoms with Crippen LogP contribution in [0.4, 0.5) is 0 Å². The molecule has 3 aliphatic heterocycles. The van der Waals surface area contributed by atoms with E-state index in [1.165, 1.54) is 12.8 Å². The smallest absolute Gasteiger partial charge is 0.334 e. The number of phenolic OH excluding ortho intramolecular Hbond substituents is 1. The van der Waals surface area contributed by atoms with Gasteiger partial charge in [-0.25, -0.2) is 4.79 Å². The molecule has 1 aromatic rings. The Balaban J connectivity index is 1.44. The number of benzene rings is 1. The number of hydrogen-bond donors (Lipinski definition) is 2. The highest BCUT2D eigenvalue weighted by atomic mass is 16.6. The van der Waals surface area contributed by atoms with E-state index in [1.54, 1.807) is 6.07 Å². The van der Waals surface area contributed by atoms with Crippen molar-refractivity contribution in [2.45, 2.75) is 73.7 Å². The third kappa shape index (κ3) is 1.83. The van der Waals surface area contributed by atoms with Crippen molar-refractivity contribution in [1.82, 2.24) is 4.90 Å². The molecule has 158 valence electrons. The first-order valence-electron chi connectivity index (χ1n) is 11.3. The van der Waals surface area contributed by atoms with Crippen molar-refractivity contribution in [3.8, 4) is 11.5 Å². The number of aromatic hydroxyl groups is 1. The number of carbonyl (C=O) groups is 1. The van der Waals surface area contributed by atoms with E-state index < -0.39 is 22.7 Å². The van der Waals surface area contributed by atoms with Crippen molar-refractivity contribution in [3.05, 3.63) is 35.4 Å². The van der Waals surface area contributed by atoms with Crippen LogP contribution in [0.5, 0.6) is 11.5 Å². The zero-order chi connectivity index (χ0) is 20.5. The van der Waals surface area contributed by atoms with Gasteiger partial charge in [0, 0.05) is 30.1 Å². The maximum absolute atomic E-state index is 12.4. The van der Waals surface area contributed by atoms with Crippen LogP contribution in [-0.2, 0) is 21.4 Å². The van der Waals surface area contributed by atoms with E-state index in [-0.39, 0.29) is 17.8 Å². The summed E-state index contributed by atoms with van der Waals surface area (Å²) in [7, 11) is 0. The molecular weight excluding hydrogens is 382 g/mol. The van der Waals surface area contributed by atoms with Crippen LogP contribution in [0.3, 0.4) is 0 Å². The highest BCUT2D eigenvalue weighted by molar-refractivity contribution is 5.91. The number of rotatable bonds is 2. The monoisotopic (exact) mass is 409 g/mol. The molecule has 2 saturated carbocycles. The number of esters is 1. The third-order valence-electron chi connectivity index (χ3n) is 9.02. The van der Waals surface area contributed by atoms with Crippen LogP contribution in [-0.4, -0.2) is 57.5 Å². The van der Waals surface area contributed by atoms with Gasteiger partial charge in [0.1, 0.15) is 0 Å². The van der Waals surface area contributed by atoms with E-state index in [2.05, 4.69) is 11.5 Å². The van der Waals surface area contributed by atoms with Gasteiger partial charge >= 0.3 is 5.97 Å². The van der Waals surface area contributed by atoms with Crippen molar-refractivity contribution in [3.63, 3.8) is 0 Å². The quantitative estimate of drug-likeness (QED) is 0.576. The lowest BCUT2D eigenvalue weighted by Crippen LogP contribution is -2.79. The Labute approximate surface area is 175 Å². The van der Waals surface area contributed by atoms with Crippen LogP contribution >= 0.6 is 0 Å². The first kappa shape index (κ1) is 17.6. The molecule has 30 heavy (non-hydrogen) atoms. The first-order valence-corrected chi connectivity index (χ1v) is 11.3. The fourth-order valence-corrected chi connectivity index (χ4v) is 7.58. The Bertz CT molecular complexity index is 999. The summed E-state index contributed by atoms with van der Waals surface area (Å²) in [5.74, 6) is 0.986. The van der Waals surface area contributed by atoms with Gasteiger partial charge < -0.3 is 19.7 Å². The van der Waals surface area contributed by atoms with Gasteiger partial charge in [0.15, 0.2) is 23.2 Å². The van der Waals surface area contributed by atoms with Crippen LogP contribution in [0.15, 0.2) is 24.3 Å². The van der Waals surface area contributed by atoms with Gasteiger partial charge in [-0.2, -0.15) is 0 Å². The molecule has 2 spiro atoms. The van der Waals surface area contributed by atoms with Crippen molar-refractivity contribution >= 4 is 5.97 Å². The van der Waals surface area contributed by atoms with Crippen molar-refractivity contribution in [1.29, 1.82) is 0 Å². The number of aliphatic hydroxyl groups is 1. The highest BCUT2D eigenvalue weighted by Crippen LogP contribution is 2.68. The molecule has 4 fully saturated rings. The summed E-state index contributed by atoms with van der Waals surface area (Å²) in [4.78, 5) is 14.9. The van der Waals surface area contributed by atoms with E-state index in [0.717, 1.165) is 43.0 Å². The highest BCUT2D eigenvalue weighted by Gasteiger charge is 2.77. The number of nitrogens with zero attached hydrogens (tertiary/aromatic N) is 1. The second-order valence-corrected chi connectivity index (χ2v) is 10.5. The van der Waals surface area contributed by atoms with E-state index in [9.17, 15) is 15.0 Å². The molecule has 2 N–H and O–H groups in total. The lowest BCUT2D eigenvalue weighted by atomic mass is 9.46. The molecule has 0 amide bonds. The van der Waals surface area contributed by atoms with Gasteiger partial charge in [-0.3, -0.25) is 4.90 Å². The van der Waals surface area contributed by atoms with Gasteiger partial charge in [-0.05, 0) is 62.6 Å². The van der Waals surface area contributed by atoms with Gasteiger partial charge in [0.2, 0.25) is 0 Å². The minimum Gasteiger partial charge on any atom is -0.504 e. The lowest BCUT2D eigenvalue weighted by Gasteiger charge is -2.65.